The minimum absolute atomic E-state index is 0.0684. The first-order chi connectivity index (χ1) is 21.2. The van der Waals surface area contributed by atoms with Crippen molar-refractivity contribution in [1.82, 2.24) is 15.5 Å². The maximum Gasteiger partial charge on any atom is 0.410 e. The van der Waals surface area contributed by atoms with Crippen molar-refractivity contribution >= 4 is 23.7 Å². The van der Waals surface area contributed by atoms with Gasteiger partial charge in [-0.3, -0.25) is 14.4 Å². The van der Waals surface area contributed by atoms with E-state index in [4.69, 9.17) is 9.15 Å². The summed E-state index contributed by atoms with van der Waals surface area (Å²) >= 11 is 0. The Morgan fingerprint density at radius 3 is 2.32 bits per heavy atom. The molecule has 1 saturated carbocycles. The van der Waals surface area contributed by atoms with Crippen molar-refractivity contribution < 1.29 is 33.4 Å². The lowest BCUT2D eigenvalue weighted by molar-refractivity contribution is -0.135. The lowest BCUT2D eigenvalue weighted by atomic mass is 9.83. The van der Waals surface area contributed by atoms with Gasteiger partial charge in [0, 0.05) is 32.4 Å². The summed E-state index contributed by atoms with van der Waals surface area (Å²) in [6.07, 6.45) is 5.75. The summed E-state index contributed by atoms with van der Waals surface area (Å²) in [5.41, 5.74) is 0.799. The van der Waals surface area contributed by atoms with Crippen LogP contribution in [-0.4, -0.2) is 65.0 Å². The van der Waals surface area contributed by atoms with Crippen molar-refractivity contribution in [2.45, 2.75) is 102 Å². The Hall–Kier alpha value is -3.66. The molecular formula is C34H47N3O7. The molecule has 10 nitrogen and oxygen atoms in total. The number of carbonyl (C=O) groups excluding carboxylic acids is 4. The molecule has 4 rings (SSSR count). The molecule has 2 heterocycles. The standard InChI is InChI=1S/C34H47N3O7/c1-23(2)20-28(32(40)35-27(21-24-10-5-3-6-11-24)31(39)29-14-9-19-43-29)36-33(41)30(22-25-12-7-4-8-13-25)44-34(42)37-17-15-26(38)16-18-37/h4,7-9,12-14,19,23-24,27-28,30-31,39H,3,5-6,10-11,15-18,20-22H2,1-2H3,(H,35,40)(H,36,41)/t27-,28+,30+,31+/m1/s1. The molecule has 240 valence electrons. The van der Waals surface area contributed by atoms with Crippen molar-refractivity contribution in [3.8, 4) is 0 Å². The van der Waals surface area contributed by atoms with E-state index in [1.165, 1.54) is 17.6 Å². The SMILES string of the molecule is CC(C)C[C@H](NC(=O)[C@H](Cc1ccccc1)OC(=O)N1CCC(=O)CC1)C(=O)N[C@H](CC1CCCCC1)[C@H](O)c1ccco1. The van der Waals surface area contributed by atoms with E-state index in [2.05, 4.69) is 10.6 Å². The van der Waals surface area contributed by atoms with Crippen LogP contribution in [0.3, 0.4) is 0 Å². The third-order valence-corrected chi connectivity index (χ3v) is 8.57. The smallest absolute Gasteiger partial charge is 0.410 e. The van der Waals surface area contributed by atoms with E-state index in [1.807, 2.05) is 44.2 Å². The fraction of sp³-hybridized carbons (Fsp3) is 0.588. The van der Waals surface area contributed by atoms with Crippen LogP contribution < -0.4 is 10.6 Å². The number of ether oxygens (including phenoxy) is 1. The number of Topliss-reactive ketones (excluding diaryl/α,β-unsaturated/α-hetero) is 1. The second kappa shape index (κ2) is 16.4. The van der Waals surface area contributed by atoms with Gasteiger partial charge < -0.3 is 29.8 Å². The van der Waals surface area contributed by atoms with Gasteiger partial charge in [0.15, 0.2) is 6.10 Å². The predicted octanol–water partition coefficient (Wildman–Crippen LogP) is 4.71. The first kappa shape index (κ1) is 33.2. The molecule has 0 radical (unpaired) electrons. The topological polar surface area (TPSA) is 138 Å². The Morgan fingerprint density at radius 2 is 1.68 bits per heavy atom. The number of aliphatic hydroxyl groups is 1. The van der Waals surface area contributed by atoms with Crippen LogP contribution in [0.15, 0.2) is 53.1 Å². The number of benzene rings is 1. The largest absolute Gasteiger partial charge is 0.467 e. The quantitative estimate of drug-likeness (QED) is 0.299. The fourth-order valence-corrected chi connectivity index (χ4v) is 6.11. The maximum absolute atomic E-state index is 13.8. The number of nitrogens with zero attached hydrogens (tertiary/aromatic N) is 1. The van der Waals surface area contributed by atoms with E-state index in [1.54, 1.807) is 12.1 Å². The van der Waals surface area contributed by atoms with Crippen LogP contribution in [-0.2, 0) is 25.5 Å². The van der Waals surface area contributed by atoms with Gasteiger partial charge in [-0.15, -0.1) is 0 Å². The third-order valence-electron chi connectivity index (χ3n) is 8.57. The highest BCUT2D eigenvalue weighted by Gasteiger charge is 2.34. The molecule has 3 amide bonds. The predicted molar refractivity (Wildman–Crippen MR) is 164 cm³/mol. The number of hydrogen-bond acceptors (Lipinski definition) is 7. The number of rotatable bonds is 13. The normalized spacial score (nSPS) is 18.7. The molecule has 44 heavy (non-hydrogen) atoms. The number of ketones is 1. The molecule has 3 N–H and O–H groups in total. The Labute approximate surface area is 259 Å². The molecular weight excluding hydrogens is 562 g/mol. The first-order valence-electron chi connectivity index (χ1n) is 16.0. The Bertz CT molecular complexity index is 1200. The molecule has 1 aliphatic heterocycles. The average Bonchev–Trinajstić information content (AvgIpc) is 3.56. The van der Waals surface area contributed by atoms with E-state index < -0.39 is 42.2 Å². The van der Waals surface area contributed by atoms with Gasteiger partial charge in [0.25, 0.3) is 5.91 Å². The summed E-state index contributed by atoms with van der Waals surface area (Å²) in [7, 11) is 0. The van der Waals surface area contributed by atoms with E-state index in [9.17, 15) is 24.3 Å². The van der Waals surface area contributed by atoms with Crippen LogP contribution in [0, 0.1) is 11.8 Å². The highest BCUT2D eigenvalue weighted by Crippen LogP contribution is 2.31. The number of nitrogens with one attached hydrogen (secondary N) is 2. The number of carbonyl (C=O) groups is 4. The van der Waals surface area contributed by atoms with Crippen molar-refractivity contribution in [3.63, 3.8) is 0 Å². The van der Waals surface area contributed by atoms with Gasteiger partial charge in [0.2, 0.25) is 5.91 Å². The molecule has 2 fully saturated rings. The first-order valence-corrected chi connectivity index (χ1v) is 16.0. The summed E-state index contributed by atoms with van der Waals surface area (Å²) in [6.45, 7) is 4.41. The van der Waals surface area contributed by atoms with E-state index in [-0.39, 0.29) is 44.1 Å². The summed E-state index contributed by atoms with van der Waals surface area (Å²) in [4.78, 5) is 53.7. The molecule has 1 aromatic carbocycles. The summed E-state index contributed by atoms with van der Waals surface area (Å²) in [5.74, 6) is -0.0707. The average molecular weight is 610 g/mol. The van der Waals surface area contributed by atoms with Crippen molar-refractivity contribution in [2.24, 2.45) is 11.8 Å². The zero-order valence-corrected chi connectivity index (χ0v) is 25.9. The summed E-state index contributed by atoms with van der Waals surface area (Å²) < 4.78 is 11.2. The molecule has 2 aromatic rings. The van der Waals surface area contributed by atoms with Gasteiger partial charge in [-0.2, -0.15) is 0 Å². The van der Waals surface area contributed by atoms with Gasteiger partial charge in [0.1, 0.15) is 23.7 Å². The van der Waals surface area contributed by atoms with Gasteiger partial charge >= 0.3 is 6.09 Å². The fourth-order valence-electron chi connectivity index (χ4n) is 6.11. The molecule has 10 heteroatoms. The van der Waals surface area contributed by atoms with Gasteiger partial charge in [0.05, 0.1) is 12.3 Å². The molecule has 0 bridgehead atoms. The third kappa shape index (κ3) is 9.94. The Morgan fingerprint density at radius 1 is 0.977 bits per heavy atom. The summed E-state index contributed by atoms with van der Waals surface area (Å²) in [5, 5.41) is 17.1. The number of hydrogen-bond donors (Lipinski definition) is 3. The van der Waals surface area contributed by atoms with Crippen LogP contribution in [0.1, 0.15) is 89.1 Å². The van der Waals surface area contributed by atoms with Crippen molar-refractivity contribution in [3.05, 3.63) is 60.1 Å². The number of likely N-dealkylation sites (tertiary alicyclic amines) is 1. The van der Waals surface area contributed by atoms with Gasteiger partial charge in [-0.1, -0.05) is 76.3 Å². The second-order valence-corrected chi connectivity index (χ2v) is 12.6. The van der Waals surface area contributed by atoms with Gasteiger partial charge in [-0.25, -0.2) is 4.79 Å². The molecule has 1 aromatic heterocycles. The molecule has 0 spiro atoms. The van der Waals surface area contributed by atoms with Crippen LogP contribution in [0.5, 0.6) is 0 Å². The van der Waals surface area contributed by atoms with E-state index >= 15 is 0 Å². The summed E-state index contributed by atoms with van der Waals surface area (Å²) in [6, 6.07) is 11.1. The molecule has 1 saturated heterocycles. The lowest BCUT2D eigenvalue weighted by Gasteiger charge is -2.31. The zero-order valence-electron chi connectivity index (χ0n) is 25.9. The van der Waals surface area contributed by atoms with E-state index in [0.29, 0.717) is 24.5 Å². The number of aliphatic hydroxyl groups excluding tert-OH is 1. The minimum atomic E-state index is -1.18. The highest BCUT2D eigenvalue weighted by molar-refractivity contribution is 5.90. The van der Waals surface area contributed by atoms with Crippen LogP contribution in [0.2, 0.25) is 0 Å². The zero-order chi connectivity index (χ0) is 31.5. The van der Waals surface area contributed by atoms with Crippen molar-refractivity contribution in [1.29, 1.82) is 0 Å². The van der Waals surface area contributed by atoms with Gasteiger partial charge in [-0.05, 0) is 42.4 Å². The second-order valence-electron chi connectivity index (χ2n) is 12.6. The molecule has 2 aliphatic rings. The number of furan rings is 1. The molecule has 1 aliphatic carbocycles. The van der Waals surface area contributed by atoms with Crippen LogP contribution >= 0.6 is 0 Å². The van der Waals surface area contributed by atoms with Crippen LogP contribution in [0.4, 0.5) is 4.79 Å². The number of amides is 3. The highest BCUT2D eigenvalue weighted by atomic mass is 16.6. The number of piperidine rings is 1. The van der Waals surface area contributed by atoms with Crippen molar-refractivity contribution in [2.75, 3.05) is 13.1 Å². The Kier molecular flexibility index (Phi) is 12.4. The van der Waals surface area contributed by atoms with Crippen LogP contribution in [0.25, 0.3) is 0 Å². The maximum atomic E-state index is 13.8. The minimum Gasteiger partial charge on any atom is -0.467 e. The molecule has 4 atom stereocenters. The molecule has 0 unspecified atom stereocenters. The van der Waals surface area contributed by atoms with E-state index in [0.717, 1.165) is 31.2 Å². The monoisotopic (exact) mass is 609 g/mol. The Balaban J connectivity index is 1.49. The lowest BCUT2D eigenvalue weighted by Crippen LogP contribution is -2.54.